The number of piperidine rings is 1. The van der Waals surface area contributed by atoms with Gasteiger partial charge in [-0.25, -0.2) is 0 Å². The Morgan fingerprint density at radius 1 is 1.17 bits per heavy atom. The van der Waals surface area contributed by atoms with Crippen LogP contribution in [0, 0.1) is 17.8 Å². The molecule has 1 N–H and O–H groups in total. The van der Waals surface area contributed by atoms with Crippen molar-refractivity contribution in [3.63, 3.8) is 0 Å². The smallest absolute Gasteiger partial charge is 0.0136 e. The van der Waals surface area contributed by atoms with Crippen LogP contribution in [0.1, 0.15) is 38.5 Å². The van der Waals surface area contributed by atoms with Crippen molar-refractivity contribution in [3.05, 3.63) is 12.2 Å². The summed E-state index contributed by atoms with van der Waals surface area (Å²) in [5.74, 6) is 2.83. The summed E-state index contributed by atoms with van der Waals surface area (Å²) in [7, 11) is 2.34. The summed E-state index contributed by atoms with van der Waals surface area (Å²) in [5, 5.41) is 3.87. The lowest BCUT2D eigenvalue weighted by molar-refractivity contribution is 0.113. The Labute approximate surface area is 111 Å². The van der Waals surface area contributed by atoms with Crippen LogP contribution in [0.4, 0.5) is 0 Å². The molecular formula is C16H26N2. The highest BCUT2D eigenvalue weighted by Crippen LogP contribution is 2.43. The zero-order chi connectivity index (χ0) is 12.1. The van der Waals surface area contributed by atoms with E-state index in [-0.39, 0.29) is 0 Å². The van der Waals surface area contributed by atoms with E-state index >= 15 is 0 Å². The topological polar surface area (TPSA) is 15.3 Å². The maximum absolute atomic E-state index is 3.87. The standard InChI is InChI=1S/C16H26N2/c1-18-13-5-6-14(18)8-11(7-13)10-17-16-9-12-3-2-4-15(12)16/h2,4,11-17H,3,5-10H2,1H3. The molecule has 100 valence electrons. The van der Waals surface area contributed by atoms with Crippen LogP contribution in [0.3, 0.4) is 0 Å². The van der Waals surface area contributed by atoms with Gasteiger partial charge in [0.2, 0.25) is 0 Å². The number of fused-ring (bicyclic) bond motifs is 3. The number of hydrogen-bond acceptors (Lipinski definition) is 2. The van der Waals surface area contributed by atoms with Crippen LogP contribution in [-0.4, -0.2) is 36.6 Å². The highest BCUT2D eigenvalue weighted by atomic mass is 15.2. The van der Waals surface area contributed by atoms with Crippen molar-refractivity contribution in [2.45, 2.75) is 56.7 Å². The van der Waals surface area contributed by atoms with Crippen LogP contribution in [0.15, 0.2) is 12.2 Å². The molecule has 0 amide bonds. The fourth-order valence-corrected chi connectivity index (χ4v) is 4.96. The minimum Gasteiger partial charge on any atom is -0.313 e. The Morgan fingerprint density at radius 3 is 2.67 bits per heavy atom. The van der Waals surface area contributed by atoms with Crippen molar-refractivity contribution in [2.75, 3.05) is 13.6 Å². The fourth-order valence-electron chi connectivity index (χ4n) is 4.96. The third-order valence-electron chi connectivity index (χ3n) is 6.23. The van der Waals surface area contributed by atoms with Gasteiger partial charge >= 0.3 is 0 Å². The number of hydrogen-bond donors (Lipinski definition) is 1. The highest BCUT2D eigenvalue weighted by Gasteiger charge is 2.42. The Kier molecular flexibility index (Phi) is 2.77. The van der Waals surface area contributed by atoms with Gasteiger partial charge in [0.15, 0.2) is 0 Å². The maximum Gasteiger partial charge on any atom is 0.0136 e. The molecule has 2 aliphatic carbocycles. The van der Waals surface area contributed by atoms with Crippen LogP contribution < -0.4 is 5.32 Å². The highest BCUT2D eigenvalue weighted by molar-refractivity contribution is 5.13. The van der Waals surface area contributed by atoms with Gasteiger partial charge in [0.05, 0.1) is 0 Å². The average molecular weight is 246 g/mol. The molecule has 3 fully saturated rings. The number of allylic oxidation sites excluding steroid dienone is 1. The molecule has 0 spiro atoms. The summed E-state index contributed by atoms with van der Waals surface area (Å²) in [6, 6.07) is 2.61. The molecule has 0 aromatic rings. The molecule has 1 saturated carbocycles. The second kappa shape index (κ2) is 4.35. The van der Waals surface area contributed by atoms with Crippen LogP contribution in [0.25, 0.3) is 0 Å². The van der Waals surface area contributed by atoms with E-state index in [1.165, 1.54) is 45.1 Å². The number of nitrogens with zero attached hydrogens (tertiary/aromatic N) is 1. The van der Waals surface area contributed by atoms with E-state index in [0.29, 0.717) is 0 Å². The Balaban J connectivity index is 1.28. The predicted octanol–water partition coefficient (Wildman–Crippen LogP) is 2.41. The minimum absolute atomic E-state index is 0.811. The van der Waals surface area contributed by atoms with Gasteiger partial charge in [-0.05, 0) is 69.9 Å². The van der Waals surface area contributed by atoms with Crippen molar-refractivity contribution in [3.8, 4) is 0 Å². The van der Waals surface area contributed by atoms with Crippen molar-refractivity contribution >= 4 is 0 Å². The van der Waals surface area contributed by atoms with E-state index < -0.39 is 0 Å². The first-order valence-corrected chi connectivity index (χ1v) is 7.93. The second-order valence-electron chi connectivity index (χ2n) is 7.14. The van der Waals surface area contributed by atoms with E-state index in [2.05, 4.69) is 29.4 Å². The molecule has 18 heavy (non-hydrogen) atoms. The number of rotatable bonds is 3. The van der Waals surface area contributed by atoms with Gasteiger partial charge in [-0.1, -0.05) is 12.2 Å². The molecule has 2 aliphatic heterocycles. The first-order valence-electron chi connectivity index (χ1n) is 7.93. The molecule has 0 radical (unpaired) electrons. The summed E-state index contributed by atoms with van der Waals surface area (Å²) < 4.78 is 0. The molecule has 2 heteroatoms. The Hall–Kier alpha value is -0.340. The molecule has 2 nitrogen and oxygen atoms in total. The van der Waals surface area contributed by atoms with E-state index in [1.54, 1.807) is 0 Å². The average Bonchev–Trinajstić information content (AvgIpc) is 2.79. The van der Waals surface area contributed by atoms with Crippen LogP contribution in [0.5, 0.6) is 0 Å². The zero-order valence-electron chi connectivity index (χ0n) is 11.5. The predicted molar refractivity (Wildman–Crippen MR) is 74.4 cm³/mol. The van der Waals surface area contributed by atoms with E-state index in [0.717, 1.165) is 35.9 Å². The molecule has 0 aromatic carbocycles. The molecule has 4 aliphatic rings. The lowest BCUT2D eigenvalue weighted by Crippen LogP contribution is -2.51. The molecule has 2 heterocycles. The summed E-state index contributed by atoms with van der Waals surface area (Å²) in [6.45, 7) is 1.28. The fraction of sp³-hybridized carbons (Fsp3) is 0.875. The zero-order valence-corrected chi connectivity index (χ0v) is 11.5. The summed E-state index contributed by atoms with van der Waals surface area (Å²) >= 11 is 0. The van der Waals surface area contributed by atoms with E-state index in [4.69, 9.17) is 0 Å². The van der Waals surface area contributed by atoms with Crippen molar-refractivity contribution in [2.24, 2.45) is 17.8 Å². The SMILES string of the molecule is CN1C2CCC1CC(CNC1CC3CC=CC31)C2. The maximum atomic E-state index is 3.87. The van der Waals surface area contributed by atoms with Gasteiger partial charge in [0.1, 0.15) is 0 Å². The first-order chi connectivity index (χ1) is 8.81. The molecule has 0 aromatic heterocycles. The van der Waals surface area contributed by atoms with Gasteiger partial charge in [-0.15, -0.1) is 0 Å². The van der Waals surface area contributed by atoms with Crippen LogP contribution in [0.2, 0.25) is 0 Å². The third-order valence-corrected chi connectivity index (χ3v) is 6.23. The van der Waals surface area contributed by atoms with E-state index in [9.17, 15) is 0 Å². The van der Waals surface area contributed by atoms with Gasteiger partial charge in [-0.2, -0.15) is 0 Å². The number of nitrogens with one attached hydrogen (secondary N) is 1. The summed E-state index contributed by atoms with van der Waals surface area (Å²) in [4.78, 5) is 2.65. The van der Waals surface area contributed by atoms with Crippen molar-refractivity contribution < 1.29 is 0 Å². The van der Waals surface area contributed by atoms with Gasteiger partial charge in [-0.3, -0.25) is 0 Å². The summed E-state index contributed by atoms with van der Waals surface area (Å²) in [5.41, 5.74) is 0. The van der Waals surface area contributed by atoms with Gasteiger partial charge in [0.25, 0.3) is 0 Å². The quantitative estimate of drug-likeness (QED) is 0.769. The van der Waals surface area contributed by atoms with Gasteiger partial charge < -0.3 is 10.2 Å². The molecule has 5 unspecified atom stereocenters. The monoisotopic (exact) mass is 246 g/mol. The van der Waals surface area contributed by atoms with Crippen LogP contribution >= 0.6 is 0 Å². The normalized spacial score (nSPS) is 50.3. The summed E-state index contributed by atoms with van der Waals surface area (Å²) in [6.07, 6.45) is 13.4. The molecule has 5 atom stereocenters. The lowest BCUT2D eigenvalue weighted by Gasteiger charge is -2.43. The van der Waals surface area contributed by atoms with Crippen LogP contribution in [-0.2, 0) is 0 Å². The van der Waals surface area contributed by atoms with Crippen molar-refractivity contribution in [1.29, 1.82) is 0 Å². The molecule has 4 rings (SSSR count). The van der Waals surface area contributed by atoms with E-state index in [1.807, 2.05) is 0 Å². The minimum atomic E-state index is 0.811. The largest absolute Gasteiger partial charge is 0.313 e. The molecule has 2 bridgehead atoms. The lowest BCUT2D eigenvalue weighted by atomic mass is 9.71. The Morgan fingerprint density at radius 2 is 1.94 bits per heavy atom. The second-order valence-corrected chi connectivity index (χ2v) is 7.14. The molecule has 2 saturated heterocycles. The molecular weight excluding hydrogens is 220 g/mol. The Bertz CT molecular complexity index is 337. The first kappa shape index (κ1) is 11.5. The third kappa shape index (κ3) is 1.77. The van der Waals surface area contributed by atoms with Gasteiger partial charge in [0, 0.05) is 18.1 Å². The van der Waals surface area contributed by atoms with Crippen molar-refractivity contribution in [1.82, 2.24) is 10.2 Å².